The molecule has 2 heterocycles. The fraction of sp³-hybridized carbons (Fsp3) is 0.703. The zero-order valence-corrected chi connectivity index (χ0v) is 34.9. The van der Waals surface area contributed by atoms with Crippen molar-refractivity contribution in [3.8, 4) is 0 Å². The average molecular weight is 836 g/mol. The molecule has 1 aromatic rings. The first-order valence-corrected chi connectivity index (χ1v) is 25.3. The van der Waals surface area contributed by atoms with E-state index in [9.17, 15) is 34.2 Å². The molecule has 2 aliphatic heterocycles. The number of amides is 1. The lowest BCUT2D eigenvalue weighted by atomic mass is 9.98. The maximum absolute atomic E-state index is 12.9. The van der Waals surface area contributed by atoms with Crippen LogP contribution in [0, 0.1) is 5.92 Å². The highest BCUT2D eigenvalue weighted by atomic mass is 33.2. The van der Waals surface area contributed by atoms with Crippen LogP contribution in [0.25, 0.3) is 0 Å². The summed E-state index contributed by atoms with van der Waals surface area (Å²) in [5.41, 5.74) is 0.710. The van der Waals surface area contributed by atoms with E-state index in [2.05, 4.69) is 5.32 Å². The van der Waals surface area contributed by atoms with Crippen molar-refractivity contribution in [3.05, 3.63) is 34.9 Å². The van der Waals surface area contributed by atoms with Crippen molar-refractivity contribution in [2.45, 2.75) is 149 Å². The molecule has 15 heteroatoms. The van der Waals surface area contributed by atoms with Gasteiger partial charge in [-0.1, -0.05) is 139 Å². The van der Waals surface area contributed by atoms with Crippen LogP contribution in [0.4, 0.5) is 0 Å². The lowest BCUT2D eigenvalue weighted by Gasteiger charge is -2.27. The summed E-state index contributed by atoms with van der Waals surface area (Å²) in [7, 11) is 10.4. The van der Waals surface area contributed by atoms with E-state index in [4.69, 9.17) is 5.11 Å². The summed E-state index contributed by atoms with van der Waals surface area (Å²) in [6.07, 6.45) is 21.0. The number of hydrogen-bond acceptors (Lipinski definition) is 11. The van der Waals surface area contributed by atoms with Crippen LogP contribution < -0.4 is 5.32 Å². The Morgan fingerprint density at radius 3 is 1.62 bits per heavy atom. The summed E-state index contributed by atoms with van der Waals surface area (Å²) in [6.45, 7) is 0.350. The molecule has 4 N–H and O–H groups in total. The quantitative estimate of drug-likeness (QED) is 0.0329. The van der Waals surface area contributed by atoms with Crippen LogP contribution in [-0.2, 0) is 20.8 Å². The maximum Gasteiger partial charge on any atom is 0.335 e. The van der Waals surface area contributed by atoms with Gasteiger partial charge in [-0.05, 0) is 71.0 Å². The molecule has 1 atom stereocenters. The van der Waals surface area contributed by atoms with Crippen LogP contribution in [0.1, 0.15) is 163 Å². The van der Waals surface area contributed by atoms with Gasteiger partial charge in [0, 0.05) is 32.8 Å². The second-order valence-electron chi connectivity index (χ2n) is 13.6. The van der Waals surface area contributed by atoms with Crippen LogP contribution in [0.2, 0.25) is 0 Å². The van der Waals surface area contributed by atoms with E-state index in [1.165, 1.54) is 76.3 Å². The first-order chi connectivity index (χ1) is 25.1. The number of hydrogen-bond donors (Lipinski definition) is 4. The van der Waals surface area contributed by atoms with E-state index in [1.807, 2.05) is 21.6 Å². The highest BCUT2D eigenvalue weighted by molar-refractivity contribution is 9.14. The molecular weight excluding hydrogens is 779 g/mol. The number of Topliss-reactive ketones (excluding diaryl/α,β-unsaturated/α-hetero) is 1. The van der Waals surface area contributed by atoms with E-state index in [-0.39, 0.29) is 32.1 Å². The summed E-state index contributed by atoms with van der Waals surface area (Å²) in [4.78, 5) is 59.9. The third kappa shape index (κ3) is 19.0. The fourth-order valence-electron chi connectivity index (χ4n) is 6.07. The number of carboxylic acids is 3. The zero-order valence-electron chi connectivity index (χ0n) is 30.0. The van der Waals surface area contributed by atoms with Gasteiger partial charge in [0.25, 0.3) is 5.91 Å². The van der Waals surface area contributed by atoms with Crippen LogP contribution in [0.3, 0.4) is 0 Å². The number of carbonyl (C=O) groups is 5. The van der Waals surface area contributed by atoms with E-state index in [1.54, 1.807) is 49.2 Å². The van der Waals surface area contributed by atoms with Crippen molar-refractivity contribution in [3.63, 3.8) is 0 Å². The normalized spacial score (nSPS) is 15.7. The first kappa shape index (κ1) is 45.3. The molecule has 0 saturated carbocycles. The predicted molar refractivity (Wildman–Crippen MR) is 224 cm³/mol. The molecule has 294 valence electrons. The number of rotatable bonds is 30. The second-order valence-corrected chi connectivity index (χ2v) is 23.1. The molecule has 3 rings (SSSR count). The predicted octanol–water partition coefficient (Wildman–Crippen LogP) is 11.6. The molecule has 2 aliphatic rings. The number of carboxylic acid groups (broad SMARTS) is 3. The molecule has 0 aromatic heterocycles. The molecule has 0 aliphatic carbocycles. The Bertz CT molecular complexity index is 1290. The first-order valence-electron chi connectivity index (χ1n) is 18.8. The van der Waals surface area contributed by atoms with Gasteiger partial charge in [0.15, 0.2) is 2.74 Å². The van der Waals surface area contributed by atoms with Gasteiger partial charge in [0.05, 0.1) is 16.1 Å². The number of unbranched alkanes of at least 4 members (excludes halogenated alkanes) is 16. The fourth-order valence-corrected chi connectivity index (χ4v) is 19.9. The van der Waals surface area contributed by atoms with Gasteiger partial charge in [-0.3, -0.25) is 19.2 Å². The van der Waals surface area contributed by atoms with E-state index < -0.39 is 29.7 Å². The van der Waals surface area contributed by atoms with Crippen molar-refractivity contribution >= 4 is 94.4 Å². The van der Waals surface area contributed by atoms with Gasteiger partial charge in [0.2, 0.25) is 0 Å². The molecule has 0 unspecified atom stereocenters. The lowest BCUT2D eigenvalue weighted by molar-refractivity contribution is -0.141. The molecule has 1 amide bonds. The van der Waals surface area contributed by atoms with Crippen molar-refractivity contribution in [1.82, 2.24) is 5.32 Å². The highest BCUT2D eigenvalue weighted by Gasteiger charge is 2.53. The van der Waals surface area contributed by atoms with Crippen LogP contribution in [0.5, 0.6) is 0 Å². The maximum atomic E-state index is 12.9. The minimum absolute atomic E-state index is 0. The SMILES string of the molecule is O=C(O)CCCCCCCCCCCCCCCCCCC(=O)Cc1cc(C(=O)O)cc(C(=O)NCCCC[C@@H](C(=O)O)C2SSC3(SS2)SS3)c1.[HH]. The summed E-state index contributed by atoms with van der Waals surface area (Å²) in [6, 6.07) is 4.40. The van der Waals surface area contributed by atoms with Crippen LogP contribution in [-0.4, -0.2) is 58.8 Å². The number of benzene rings is 1. The highest BCUT2D eigenvalue weighted by Crippen LogP contribution is 2.84. The third-order valence-electron chi connectivity index (χ3n) is 9.08. The minimum atomic E-state index is -1.15. The van der Waals surface area contributed by atoms with Gasteiger partial charge < -0.3 is 20.6 Å². The van der Waals surface area contributed by atoms with Crippen molar-refractivity contribution in [1.29, 1.82) is 0 Å². The van der Waals surface area contributed by atoms with Crippen molar-refractivity contribution < 1.29 is 40.7 Å². The largest absolute Gasteiger partial charge is 0.481 e. The Kier molecular flexibility index (Phi) is 22.5. The summed E-state index contributed by atoms with van der Waals surface area (Å²) in [5, 5.41) is 30.9. The molecule has 1 aromatic carbocycles. The second kappa shape index (κ2) is 25.9. The topological polar surface area (TPSA) is 158 Å². The van der Waals surface area contributed by atoms with Crippen molar-refractivity contribution in [2.24, 2.45) is 5.92 Å². The van der Waals surface area contributed by atoms with E-state index in [0.717, 1.165) is 38.5 Å². The molecule has 9 nitrogen and oxygen atoms in total. The molecular formula is C37H57NO8S6. The van der Waals surface area contributed by atoms with Crippen LogP contribution in [0.15, 0.2) is 18.2 Å². The number of ketones is 1. The molecule has 52 heavy (non-hydrogen) atoms. The number of aliphatic carboxylic acids is 2. The Balaban J connectivity index is 0.00000972. The van der Waals surface area contributed by atoms with Gasteiger partial charge in [0.1, 0.15) is 5.78 Å². The van der Waals surface area contributed by atoms with Crippen molar-refractivity contribution in [2.75, 3.05) is 6.54 Å². The third-order valence-corrected chi connectivity index (χ3v) is 23.0. The summed E-state index contributed by atoms with van der Waals surface area (Å²) < 4.78 is 0.102. The number of aromatic carboxylic acids is 1. The summed E-state index contributed by atoms with van der Waals surface area (Å²) >= 11 is 0. The lowest BCUT2D eigenvalue weighted by Crippen LogP contribution is -2.26. The molecule has 0 radical (unpaired) electrons. The molecule has 0 bridgehead atoms. The van der Waals surface area contributed by atoms with Gasteiger partial charge in [-0.15, -0.1) is 0 Å². The van der Waals surface area contributed by atoms with Gasteiger partial charge in [-0.25, -0.2) is 4.79 Å². The smallest absolute Gasteiger partial charge is 0.335 e. The Hall–Kier alpha value is -1.13. The summed E-state index contributed by atoms with van der Waals surface area (Å²) in [5.74, 6) is -3.47. The monoisotopic (exact) mass is 835 g/mol. The standard InChI is InChI=1S/C37H55NO8S6.H2/c39-30(19-15-13-11-9-7-5-3-1-2-4-6-8-10-12-14-16-21-32(40)41)25-27-23-28(26-29(24-27)34(43)44)33(42)38-22-18-17-20-31(35(45)46)36-47-49-37(50-48-36)51-52-37;/h23-24,26,31,36H,1-22,25H2,(H,38,42)(H,40,41)(H,43,44)(H,45,46);1H/t31-;/m0./s1. The Morgan fingerprint density at radius 2 is 1.13 bits per heavy atom. The average Bonchev–Trinajstić information content (AvgIpc) is 3.87. The Morgan fingerprint density at radius 1 is 0.635 bits per heavy atom. The van der Waals surface area contributed by atoms with Gasteiger partial charge >= 0.3 is 17.9 Å². The van der Waals surface area contributed by atoms with E-state index in [0.29, 0.717) is 44.2 Å². The molecule has 2 saturated heterocycles. The number of carbonyl (C=O) groups excluding carboxylic acids is 2. The van der Waals surface area contributed by atoms with Crippen LogP contribution >= 0.6 is 64.8 Å². The minimum Gasteiger partial charge on any atom is -0.481 e. The molecule has 2 fully saturated rings. The van der Waals surface area contributed by atoms with Gasteiger partial charge in [-0.2, -0.15) is 0 Å². The molecule has 1 spiro atoms. The van der Waals surface area contributed by atoms with E-state index >= 15 is 0 Å². The zero-order chi connectivity index (χ0) is 37.6. The number of nitrogens with one attached hydrogen (secondary N) is 1. The Labute approximate surface area is 334 Å².